The van der Waals surface area contributed by atoms with Gasteiger partial charge in [0.25, 0.3) is 5.91 Å². The molecule has 5 heteroatoms. The van der Waals surface area contributed by atoms with Crippen molar-refractivity contribution in [2.24, 2.45) is 0 Å². The van der Waals surface area contributed by atoms with E-state index in [-0.39, 0.29) is 18.2 Å². The Bertz CT molecular complexity index is 655. The molecule has 0 atom stereocenters. The number of pyridine rings is 1. The van der Waals surface area contributed by atoms with E-state index in [1.165, 1.54) is 0 Å². The Hall–Kier alpha value is -2.43. The van der Waals surface area contributed by atoms with Gasteiger partial charge >= 0.3 is 5.97 Å². The summed E-state index contributed by atoms with van der Waals surface area (Å²) in [6, 6.07) is 10.9. The molecule has 0 saturated heterocycles. The molecule has 0 bridgehead atoms. The average molecular weight is 300 g/mol. The molecule has 5 nitrogen and oxygen atoms in total. The van der Waals surface area contributed by atoms with Gasteiger partial charge in [-0.25, -0.2) is 9.78 Å². The average Bonchev–Trinajstić information content (AvgIpc) is 2.56. The molecule has 1 amide bonds. The topological polar surface area (TPSA) is 68.3 Å². The molecule has 0 spiro atoms. The third-order valence-corrected chi connectivity index (χ3v) is 3.24. The highest BCUT2D eigenvalue weighted by molar-refractivity contribution is 5.92. The number of para-hydroxylation sites is 1. The van der Waals surface area contributed by atoms with E-state index in [0.717, 1.165) is 30.2 Å². The molecule has 1 heterocycles. The minimum atomic E-state index is -0.588. The Morgan fingerprint density at radius 2 is 1.95 bits per heavy atom. The summed E-state index contributed by atoms with van der Waals surface area (Å²) in [5.74, 6) is -0.875. The number of aromatic nitrogens is 1. The Kier molecular flexibility index (Phi) is 5.89. The zero-order valence-electron chi connectivity index (χ0n) is 12.7. The predicted molar refractivity (Wildman–Crippen MR) is 84.6 cm³/mol. The molecule has 1 N–H and O–H groups in total. The number of hydrogen-bond acceptors (Lipinski definition) is 4. The summed E-state index contributed by atoms with van der Waals surface area (Å²) in [6.07, 6.45) is 3.10. The van der Waals surface area contributed by atoms with Crippen LogP contribution in [-0.4, -0.2) is 30.0 Å². The minimum Gasteiger partial charge on any atom is -0.451 e. The van der Waals surface area contributed by atoms with Crippen LogP contribution in [0, 0.1) is 0 Å². The van der Waals surface area contributed by atoms with E-state index in [1.54, 1.807) is 6.07 Å². The molecule has 1 aromatic carbocycles. The highest BCUT2D eigenvalue weighted by Gasteiger charge is 2.11. The van der Waals surface area contributed by atoms with Crippen molar-refractivity contribution < 1.29 is 14.3 Å². The molecule has 0 unspecified atom stereocenters. The molecule has 22 heavy (non-hydrogen) atoms. The van der Waals surface area contributed by atoms with Gasteiger partial charge in [-0.2, -0.15) is 0 Å². The number of rotatable bonds is 7. The van der Waals surface area contributed by atoms with Gasteiger partial charge in [0.2, 0.25) is 0 Å². The number of benzene rings is 1. The molecular weight excluding hydrogens is 280 g/mol. The minimum absolute atomic E-state index is 0.206. The maximum Gasteiger partial charge on any atom is 0.357 e. The summed E-state index contributed by atoms with van der Waals surface area (Å²) < 4.78 is 4.98. The smallest absolute Gasteiger partial charge is 0.357 e. The van der Waals surface area contributed by atoms with Crippen LogP contribution in [0.15, 0.2) is 36.4 Å². The molecule has 0 aliphatic rings. The van der Waals surface area contributed by atoms with Gasteiger partial charge in [-0.15, -0.1) is 0 Å². The van der Waals surface area contributed by atoms with Crippen LogP contribution >= 0.6 is 0 Å². The summed E-state index contributed by atoms with van der Waals surface area (Å²) >= 11 is 0. The standard InChI is InChI=1S/C17H20N2O3/c1-2-3-6-11-18-16(20)12-22-17(21)15-10-9-13-7-4-5-8-14(13)19-15/h4-5,7-10H,2-3,6,11-12H2,1H3,(H,18,20). The third kappa shape index (κ3) is 4.55. The lowest BCUT2D eigenvalue weighted by Gasteiger charge is -2.06. The van der Waals surface area contributed by atoms with Crippen LogP contribution in [0.25, 0.3) is 10.9 Å². The Labute approximate surface area is 129 Å². The number of esters is 1. The summed E-state index contributed by atoms with van der Waals surface area (Å²) in [5, 5.41) is 3.67. The van der Waals surface area contributed by atoms with E-state index in [2.05, 4.69) is 17.2 Å². The fourth-order valence-corrected chi connectivity index (χ4v) is 2.04. The van der Waals surface area contributed by atoms with E-state index in [4.69, 9.17) is 4.74 Å². The van der Waals surface area contributed by atoms with E-state index < -0.39 is 5.97 Å². The van der Waals surface area contributed by atoms with Gasteiger partial charge in [-0.3, -0.25) is 4.79 Å². The van der Waals surface area contributed by atoms with E-state index >= 15 is 0 Å². The van der Waals surface area contributed by atoms with Crippen LogP contribution in [0.2, 0.25) is 0 Å². The first-order chi connectivity index (χ1) is 10.7. The molecule has 0 fully saturated rings. The van der Waals surface area contributed by atoms with Crippen LogP contribution in [0.4, 0.5) is 0 Å². The number of nitrogens with one attached hydrogen (secondary N) is 1. The van der Waals surface area contributed by atoms with Crippen molar-refractivity contribution in [2.45, 2.75) is 26.2 Å². The molecule has 0 aliphatic heterocycles. The third-order valence-electron chi connectivity index (χ3n) is 3.24. The zero-order chi connectivity index (χ0) is 15.8. The van der Waals surface area contributed by atoms with Gasteiger partial charge in [-0.05, 0) is 18.6 Å². The molecular formula is C17H20N2O3. The van der Waals surface area contributed by atoms with Crippen molar-refractivity contribution in [3.8, 4) is 0 Å². The maximum absolute atomic E-state index is 11.9. The molecule has 0 saturated carbocycles. The van der Waals surface area contributed by atoms with Crippen molar-refractivity contribution in [2.75, 3.05) is 13.2 Å². The number of fused-ring (bicyclic) bond motifs is 1. The number of hydrogen-bond donors (Lipinski definition) is 1. The Morgan fingerprint density at radius 3 is 2.77 bits per heavy atom. The van der Waals surface area contributed by atoms with Gasteiger partial charge < -0.3 is 10.1 Å². The SMILES string of the molecule is CCCCCNC(=O)COC(=O)c1ccc2ccccc2n1. The van der Waals surface area contributed by atoms with Gasteiger partial charge in [0.05, 0.1) is 5.52 Å². The fourth-order valence-electron chi connectivity index (χ4n) is 2.04. The molecule has 0 radical (unpaired) electrons. The van der Waals surface area contributed by atoms with Gasteiger partial charge in [-0.1, -0.05) is 44.0 Å². The van der Waals surface area contributed by atoms with E-state index in [9.17, 15) is 9.59 Å². The molecule has 0 aliphatic carbocycles. The second kappa shape index (κ2) is 8.12. The Balaban J connectivity index is 1.84. The van der Waals surface area contributed by atoms with Crippen molar-refractivity contribution in [1.29, 1.82) is 0 Å². The number of amides is 1. The molecule has 2 rings (SSSR count). The fraction of sp³-hybridized carbons (Fsp3) is 0.353. The summed E-state index contributed by atoms with van der Waals surface area (Å²) in [7, 11) is 0. The normalized spacial score (nSPS) is 10.4. The highest BCUT2D eigenvalue weighted by atomic mass is 16.5. The number of ether oxygens (including phenoxy) is 1. The second-order valence-electron chi connectivity index (χ2n) is 5.02. The van der Waals surface area contributed by atoms with Crippen LogP contribution in [0.3, 0.4) is 0 Å². The molecule has 1 aromatic heterocycles. The first-order valence-electron chi connectivity index (χ1n) is 7.50. The lowest BCUT2D eigenvalue weighted by Crippen LogP contribution is -2.29. The quantitative estimate of drug-likeness (QED) is 0.630. The second-order valence-corrected chi connectivity index (χ2v) is 5.02. The van der Waals surface area contributed by atoms with Crippen LogP contribution in [0.1, 0.15) is 36.7 Å². The largest absolute Gasteiger partial charge is 0.451 e. The number of carbonyl (C=O) groups is 2. The summed E-state index contributed by atoms with van der Waals surface area (Å²) in [4.78, 5) is 27.7. The predicted octanol–water partition coefficient (Wildman–Crippen LogP) is 2.70. The van der Waals surface area contributed by atoms with Crippen LogP contribution in [-0.2, 0) is 9.53 Å². The van der Waals surface area contributed by atoms with Crippen molar-refractivity contribution in [3.05, 3.63) is 42.1 Å². The maximum atomic E-state index is 11.9. The first-order valence-corrected chi connectivity index (χ1v) is 7.50. The monoisotopic (exact) mass is 300 g/mol. The molecule has 2 aromatic rings. The van der Waals surface area contributed by atoms with Gasteiger partial charge in [0, 0.05) is 11.9 Å². The van der Waals surface area contributed by atoms with Crippen molar-refractivity contribution in [3.63, 3.8) is 0 Å². The zero-order valence-corrected chi connectivity index (χ0v) is 12.7. The summed E-state index contributed by atoms with van der Waals surface area (Å²) in [6.45, 7) is 2.43. The first kappa shape index (κ1) is 15.9. The highest BCUT2D eigenvalue weighted by Crippen LogP contribution is 2.12. The number of carbonyl (C=O) groups excluding carboxylic acids is 2. The summed E-state index contributed by atoms with van der Waals surface area (Å²) in [5.41, 5.74) is 0.929. The van der Waals surface area contributed by atoms with Crippen LogP contribution < -0.4 is 5.32 Å². The van der Waals surface area contributed by atoms with Gasteiger partial charge in [0.1, 0.15) is 5.69 Å². The lowest BCUT2D eigenvalue weighted by molar-refractivity contribution is -0.124. The lowest BCUT2D eigenvalue weighted by atomic mass is 10.2. The van der Waals surface area contributed by atoms with Crippen LogP contribution in [0.5, 0.6) is 0 Å². The van der Waals surface area contributed by atoms with E-state index in [0.29, 0.717) is 6.54 Å². The number of nitrogens with zero attached hydrogens (tertiary/aromatic N) is 1. The molecule has 116 valence electrons. The Morgan fingerprint density at radius 1 is 1.14 bits per heavy atom. The number of unbranched alkanes of at least 4 members (excludes halogenated alkanes) is 2. The van der Waals surface area contributed by atoms with E-state index in [1.807, 2.05) is 30.3 Å². The van der Waals surface area contributed by atoms with Gasteiger partial charge in [0.15, 0.2) is 6.61 Å². The van der Waals surface area contributed by atoms with Crippen molar-refractivity contribution in [1.82, 2.24) is 10.3 Å². The van der Waals surface area contributed by atoms with Crippen molar-refractivity contribution >= 4 is 22.8 Å².